The van der Waals surface area contributed by atoms with Crippen molar-refractivity contribution in [3.8, 4) is 0 Å². The molecule has 64 valence electrons. The van der Waals surface area contributed by atoms with Crippen molar-refractivity contribution in [2.45, 2.75) is 20.4 Å². The molecule has 0 aliphatic rings. The summed E-state index contributed by atoms with van der Waals surface area (Å²) in [7, 11) is 0. The maximum Gasteiger partial charge on any atom is 0.161 e. The van der Waals surface area contributed by atoms with Crippen molar-refractivity contribution < 1.29 is 4.79 Å². The third-order valence-corrected chi connectivity index (χ3v) is 1.71. The fraction of sp³-hybridized carbons (Fsp3) is 0.300. The predicted octanol–water partition coefficient (Wildman–Crippen LogP) is 2.27. The summed E-state index contributed by atoms with van der Waals surface area (Å²) in [6.45, 7) is 4.40. The van der Waals surface area contributed by atoms with E-state index in [2.05, 4.69) is 0 Å². The first-order valence-electron chi connectivity index (χ1n) is 4.02. The van der Waals surface area contributed by atoms with Gasteiger partial charge < -0.3 is 4.57 Å². The first-order chi connectivity index (χ1) is 5.74. The Morgan fingerprint density at radius 2 is 2.42 bits per heavy atom. The van der Waals surface area contributed by atoms with Crippen molar-refractivity contribution >= 4 is 5.78 Å². The molecule has 1 rings (SSSR count). The van der Waals surface area contributed by atoms with Crippen LogP contribution in [-0.4, -0.2) is 10.4 Å². The number of carbonyl (C=O) groups excluding carboxylic acids is 1. The molecule has 2 nitrogen and oxygen atoms in total. The number of Topliss-reactive ketones (excluding diaryl/α,β-unsaturated/α-hetero) is 1. The van der Waals surface area contributed by atoms with Crippen LogP contribution in [0, 0.1) is 0 Å². The monoisotopic (exact) mass is 163 g/mol. The standard InChI is InChI=1S/C10H13NO/c1-3-4-6-11-7-5-10(8-11)9(2)12/h3-5,7-8H,6H2,1-2H3/b4-3+. The number of rotatable bonds is 3. The lowest BCUT2D eigenvalue weighted by Crippen LogP contribution is -1.92. The zero-order valence-corrected chi connectivity index (χ0v) is 7.45. The van der Waals surface area contributed by atoms with Crippen LogP contribution in [0.4, 0.5) is 0 Å². The van der Waals surface area contributed by atoms with Crippen molar-refractivity contribution in [1.29, 1.82) is 0 Å². The highest BCUT2D eigenvalue weighted by molar-refractivity contribution is 5.93. The van der Waals surface area contributed by atoms with E-state index in [1.165, 1.54) is 0 Å². The maximum atomic E-state index is 10.9. The lowest BCUT2D eigenvalue weighted by Gasteiger charge is -1.94. The topological polar surface area (TPSA) is 22.0 Å². The summed E-state index contributed by atoms with van der Waals surface area (Å²) in [5.41, 5.74) is 0.777. The van der Waals surface area contributed by atoms with E-state index in [-0.39, 0.29) is 5.78 Å². The molecule has 1 heterocycles. The van der Waals surface area contributed by atoms with Crippen molar-refractivity contribution in [2.24, 2.45) is 0 Å². The van der Waals surface area contributed by atoms with E-state index >= 15 is 0 Å². The van der Waals surface area contributed by atoms with Gasteiger partial charge in [0.15, 0.2) is 5.78 Å². The molecule has 0 atom stereocenters. The molecule has 1 aromatic heterocycles. The van der Waals surface area contributed by atoms with Gasteiger partial charge in [-0.25, -0.2) is 0 Å². The third-order valence-electron chi connectivity index (χ3n) is 1.71. The van der Waals surface area contributed by atoms with Gasteiger partial charge in [0, 0.05) is 24.5 Å². The maximum absolute atomic E-state index is 10.9. The predicted molar refractivity (Wildman–Crippen MR) is 49.3 cm³/mol. The molecule has 0 bridgehead atoms. The van der Waals surface area contributed by atoms with Crippen LogP contribution in [0.3, 0.4) is 0 Å². The first-order valence-corrected chi connectivity index (χ1v) is 4.02. The molecule has 0 spiro atoms. The van der Waals surface area contributed by atoms with Crippen molar-refractivity contribution in [3.63, 3.8) is 0 Å². The Bertz CT molecular complexity index is 297. The summed E-state index contributed by atoms with van der Waals surface area (Å²) in [6.07, 6.45) is 7.82. The van der Waals surface area contributed by atoms with Gasteiger partial charge >= 0.3 is 0 Å². The van der Waals surface area contributed by atoms with E-state index in [4.69, 9.17) is 0 Å². The van der Waals surface area contributed by atoms with Gasteiger partial charge in [-0.05, 0) is 19.9 Å². The Morgan fingerprint density at radius 1 is 1.67 bits per heavy atom. The van der Waals surface area contributed by atoms with Crippen LogP contribution in [0.2, 0.25) is 0 Å². The summed E-state index contributed by atoms with van der Waals surface area (Å²) < 4.78 is 1.98. The van der Waals surface area contributed by atoms with E-state index in [1.807, 2.05) is 42.1 Å². The number of allylic oxidation sites excluding steroid dienone is 2. The lowest BCUT2D eigenvalue weighted by atomic mass is 10.2. The van der Waals surface area contributed by atoms with Crippen molar-refractivity contribution in [2.75, 3.05) is 0 Å². The highest BCUT2D eigenvalue weighted by Gasteiger charge is 1.99. The second-order valence-corrected chi connectivity index (χ2v) is 2.72. The molecule has 1 aromatic rings. The SMILES string of the molecule is C/C=C/Cn1ccc(C(C)=O)c1. The Hall–Kier alpha value is -1.31. The average molecular weight is 163 g/mol. The van der Waals surface area contributed by atoms with E-state index in [1.54, 1.807) is 6.92 Å². The molecular weight excluding hydrogens is 150 g/mol. The van der Waals surface area contributed by atoms with Crippen LogP contribution in [0.5, 0.6) is 0 Å². The molecule has 0 saturated heterocycles. The second-order valence-electron chi connectivity index (χ2n) is 2.72. The van der Waals surface area contributed by atoms with Gasteiger partial charge in [0.2, 0.25) is 0 Å². The van der Waals surface area contributed by atoms with Crippen LogP contribution >= 0.6 is 0 Å². The van der Waals surface area contributed by atoms with Crippen molar-refractivity contribution in [1.82, 2.24) is 4.57 Å². The normalized spacial score (nSPS) is 10.8. The molecule has 0 aliphatic carbocycles. The molecular formula is C10H13NO. The highest BCUT2D eigenvalue weighted by atomic mass is 16.1. The number of hydrogen-bond donors (Lipinski definition) is 0. The van der Waals surface area contributed by atoms with Crippen LogP contribution in [0.25, 0.3) is 0 Å². The number of hydrogen-bond acceptors (Lipinski definition) is 1. The van der Waals surface area contributed by atoms with Gasteiger partial charge in [0.25, 0.3) is 0 Å². The average Bonchev–Trinajstić information content (AvgIpc) is 2.48. The zero-order chi connectivity index (χ0) is 8.97. The Kier molecular flexibility index (Phi) is 2.86. The molecule has 0 aromatic carbocycles. The Morgan fingerprint density at radius 3 is 2.92 bits per heavy atom. The highest BCUT2D eigenvalue weighted by Crippen LogP contribution is 2.01. The summed E-state index contributed by atoms with van der Waals surface area (Å²) in [4.78, 5) is 10.9. The molecule has 0 saturated carbocycles. The minimum atomic E-state index is 0.120. The summed E-state index contributed by atoms with van der Waals surface area (Å²) in [5, 5.41) is 0. The lowest BCUT2D eigenvalue weighted by molar-refractivity contribution is 0.101. The minimum Gasteiger partial charge on any atom is -0.350 e. The fourth-order valence-corrected chi connectivity index (χ4v) is 0.990. The van der Waals surface area contributed by atoms with Gasteiger partial charge in [-0.2, -0.15) is 0 Å². The second kappa shape index (κ2) is 3.90. The van der Waals surface area contributed by atoms with Crippen LogP contribution in [0.1, 0.15) is 24.2 Å². The van der Waals surface area contributed by atoms with E-state index in [9.17, 15) is 4.79 Å². The molecule has 0 aliphatic heterocycles. The summed E-state index contributed by atoms with van der Waals surface area (Å²) in [5.74, 6) is 0.120. The molecule has 0 fully saturated rings. The van der Waals surface area contributed by atoms with Gasteiger partial charge in [-0.1, -0.05) is 12.2 Å². The number of aromatic nitrogens is 1. The molecule has 0 N–H and O–H groups in total. The van der Waals surface area contributed by atoms with E-state index < -0.39 is 0 Å². The van der Waals surface area contributed by atoms with Gasteiger partial charge in [0.1, 0.15) is 0 Å². The summed E-state index contributed by atoms with van der Waals surface area (Å²) >= 11 is 0. The molecule has 2 heteroatoms. The molecule has 0 radical (unpaired) electrons. The Labute approximate surface area is 72.5 Å². The zero-order valence-electron chi connectivity index (χ0n) is 7.45. The van der Waals surface area contributed by atoms with E-state index in [0.29, 0.717) is 0 Å². The number of nitrogens with zero attached hydrogens (tertiary/aromatic N) is 1. The van der Waals surface area contributed by atoms with Gasteiger partial charge in [-0.15, -0.1) is 0 Å². The number of carbonyl (C=O) groups is 1. The molecule has 12 heavy (non-hydrogen) atoms. The minimum absolute atomic E-state index is 0.120. The largest absolute Gasteiger partial charge is 0.350 e. The van der Waals surface area contributed by atoms with Gasteiger partial charge in [-0.3, -0.25) is 4.79 Å². The smallest absolute Gasteiger partial charge is 0.161 e. The summed E-state index contributed by atoms with van der Waals surface area (Å²) in [6, 6.07) is 1.84. The molecule has 0 unspecified atom stereocenters. The fourth-order valence-electron chi connectivity index (χ4n) is 0.990. The third kappa shape index (κ3) is 2.09. The van der Waals surface area contributed by atoms with Crippen LogP contribution < -0.4 is 0 Å². The van der Waals surface area contributed by atoms with Crippen molar-refractivity contribution in [3.05, 3.63) is 36.2 Å². The van der Waals surface area contributed by atoms with E-state index in [0.717, 1.165) is 12.1 Å². The quantitative estimate of drug-likeness (QED) is 0.495. The Balaban J connectivity index is 2.70. The number of ketones is 1. The van der Waals surface area contributed by atoms with Crippen LogP contribution in [-0.2, 0) is 6.54 Å². The first kappa shape index (κ1) is 8.78. The molecule has 0 amide bonds. The van der Waals surface area contributed by atoms with Crippen LogP contribution in [0.15, 0.2) is 30.6 Å². The van der Waals surface area contributed by atoms with Gasteiger partial charge in [0.05, 0.1) is 0 Å².